The Kier molecular flexibility index (Phi) is 2.65. The van der Waals surface area contributed by atoms with Gasteiger partial charge < -0.3 is 5.73 Å². The number of benzene rings is 2. The Morgan fingerprint density at radius 3 is 2.25 bits per heavy atom. The number of rotatable bonds is 1. The zero-order valence-electron chi connectivity index (χ0n) is 9.42. The molecule has 0 saturated carbocycles. The van der Waals surface area contributed by atoms with Crippen molar-refractivity contribution in [2.45, 2.75) is 13.8 Å². The smallest absolute Gasteiger partial charge is 0.131 e. The molecule has 0 saturated heterocycles. The molecule has 0 heterocycles. The first-order valence-corrected chi connectivity index (χ1v) is 5.20. The molecule has 0 aliphatic carbocycles. The summed E-state index contributed by atoms with van der Waals surface area (Å²) in [5.74, 6) is -0.226. The molecule has 2 heteroatoms. The topological polar surface area (TPSA) is 26.0 Å². The van der Waals surface area contributed by atoms with Crippen LogP contribution >= 0.6 is 0 Å². The first kappa shape index (κ1) is 10.7. The number of hydrogen-bond acceptors (Lipinski definition) is 1. The Bertz CT molecular complexity index is 515. The van der Waals surface area contributed by atoms with Gasteiger partial charge in [0, 0.05) is 11.3 Å². The lowest BCUT2D eigenvalue weighted by atomic mass is 10.0. The van der Waals surface area contributed by atoms with E-state index in [1.807, 2.05) is 31.2 Å². The number of aryl methyl sites for hydroxylation is 2. The molecule has 1 nitrogen and oxygen atoms in total. The summed E-state index contributed by atoms with van der Waals surface area (Å²) in [5, 5.41) is 0. The van der Waals surface area contributed by atoms with Gasteiger partial charge in [-0.3, -0.25) is 0 Å². The lowest BCUT2D eigenvalue weighted by Crippen LogP contribution is -1.93. The Morgan fingerprint density at radius 2 is 1.62 bits per heavy atom. The van der Waals surface area contributed by atoms with Crippen LogP contribution < -0.4 is 5.73 Å². The number of anilines is 1. The maximum Gasteiger partial charge on any atom is 0.131 e. The summed E-state index contributed by atoms with van der Waals surface area (Å²) in [7, 11) is 0. The predicted octanol–water partition coefficient (Wildman–Crippen LogP) is 3.69. The summed E-state index contributed by atoms with van der Waals surface area (Å²) >= 11 is 0. The molecule has 0 aliphatic rings. The van der Waals surface area contributed by atoms with Crippen LogP contribution in [0.1, 0.15) is 11.1 Å². The summed E-state index contributed by atoms with van der Waals surface area (Å²) in [4.78, 5) is 0. The van der Waals surface area contributed by atoms with Crippen LogP contribution in [0.5, 0.6) is 0 Å². The zero-order valence-corrected chi connectivity index (χ0v) is 9.42. The van der Waals surface area contributed by atoms with Gasteiger partial charge in [0.2, 0.25) is 0 Å². The molecule has 0 aromatic heterocycles. The van der Waals surface area contributed by atoms with Crippen LogP contribution in [0.3, 0.4) is 0 Å². The second-order valence-corrected chi connectivity index (χ2v) is 4.05. The van der Waals surface area contributed by atoms with Crippen molar-refractivity contribution in [1.82, 2.24) is 0 Å². The van der Waals surface area contributed by atoms with Crippen molar-refractivity contribution < 1.29 is 4.39 Å². The average molecular weight is 215 g/mol. The predicted molar refractivity (Wildman–Crippen MR) is 65.7 cm³/mol. The fourth-order valence-electron chi connectivity index (χ4n) is 1.64. The Hall–Kier alpha value is -1.83. The van der Waals surface area contributed by atoms with E-state index in [1.54, 1.807) is 13.0 Å². The van der Waals surface area contributed by atoms with Crippen LogP contribution in [-0.2, 0) is 0 Å². The van der Waals surface area contributed by atoms with Gasteiger partial charge in [0.25, 0.3) is 0 Å². The molecule has 2 N–H and O–H groups in total. The Labute approximate surface area is 94.7 Å². The molecule has 0 radical (unpaired) electrons. The zero-order chi connectivity index (χ0) is 11.7. The third-order valence-electron chi connectivity index (χ3n) is 2.72. The fraction of sp³-hybridized carbons (Fsp3) is 0.143. The van der Waals surface area contributed by atoms with Crippen LogP contribution in [0.15, 0.2) is 36.4 Å². The molecule has 0 bridgehead atoms. The van der Waals surface area contributed by atoms with Crippen molar-refractivity contribution in [3.8, 4) is 11.1 Å². The Morgan fingerprint density at radius 1 is 1.00 bits per heavy atom. The summed E-state index contributed by atoms with van der Waals surface area (Å²) in [6.45, 7) is 3.81. The molecule has 82 valence electrons. The standard InChI is InChI=1S/C14H14FN/c1-9-3-5-11(6-4-9)12-8-14(16)10(2)7-13(12)15/h3-8H,16H2,1-2H3. The van der Waals surface area contributed by atoms with Crippen molar-refractivity contribution in [2.24, 2.45) is 0 Å². The molecule has 0 unspecified atom stereocenters. The van der Waals surface area contributed by atoms with Crippen LogP contribution in [-0.4, -0.2) is 0 Å². The van der Waals surface area contributed by atoms with Crippen LogP contribution in [0.25, 0.3) is 11.1 Å². The van der Waals surface area contributed by atoms with E-state index in [1.165, 1.54) is 6.07 Å². The van der Waals surface area contributed by atoms with E-state index >= 15 is 0 Å². The minimum absolute atomic E-state index is 0.226. The summed E-state index contributed by atoms with van der Waals surface area (Å²) < 4.78 is 13.8. The van der Waals surface area contributed by atoms with Gasteiger partial charge in [-0.1, -0.05) is 29.8 Å². The molecule has 0 aliphatic heterocycles. The van der Waals surface area contributed by atoms with Gasteiger partial charge in [-0.15, -0.1) is 0 Å². The van der Waals surface area contributed by atoms with Gasteiger partial charge in [-0.05, 0) is 37.1 Å². The number of nitrogens with two attached hydrogens (primary N) is 1. The molecule has 2 aromatic rings. The van der Waals surface area contributed by atoms with E-state index < -0.39 is 0 Å². The highest BCUT2D eigenvalue weighted by atomic mass is 19.1. The summed E-state index contributed by atoms with van der Waals surface area (Å²) in [6, 6.07) is 10.9. The highest BCUT2D eigenvalue weighted by Gasteiger charge is 2.07. The first-order valence-electron chi connectivity index (χ1n) is 5.20. The van der Waals surface area contributed by atoms with Crippen molar-refractivity contribution in [3.05, 3.63) is 53.3 Å². The maximum absolute atomic E-state index is 13.8. The number of hydrogen-bond donors (Lipinski definition) is 1. The Balaban J connectivity index is 2.56. The second kappa shape index (κ2) is 3.97. The van der Waals surface area contributed by atoms with Crippen molar-refractivity contribution in [1.29, 1.82) is 0 Å². The van der Waals surface area contributed by atoms with Gasteiger partial charge in [-0.2, -0.15) is 0 Å². The molecule has 0 amide bonds. The molecule has 2 rings (SSSR count). The SMILES string of the molecule is Cc1ccc(-c2cc(N)c(C)cc2F)cc1. The van der Waals surface area contributed by atoms with E-state index in [2.05, 4.69) is 0 Å². The third kappa shape index (κ3) is 1.91. The highest BCUT2D eigenvalue weighted by Crippen LogP contribution is 2.27. The van der Waals surface area contributed by atoms with E-state index in [4.69, 9.17) is 5.73 Å². The van der Waals surface area contributed by atoms with Crippen LogP contribution in [0.4, 0.5) is 10.1 Å². The minimum Gasteiger partial charge on any atom is -0.398 e. The van der Waals surface area contributed by atoms with Gasteiger partial charge in [0.1, 0.15) is 5.82 Å². The molecule has 16 heavy (non-hydrogen) atoms. The van der Waals surface area contributed by atoms with Crippen LogP contribution in [0, 0.1) is 19.7 Å². The van der Waals surface area contributed by atoms with Crippen molar-refractivity contribution >= 4 is 5.69 Å². The highest BCUT2D eigenvalue weighted by molar-refractivity contribution is 5.69. The normalized spacial score (nSPS) is 10.4. The lowest BCUT2D eigenvalue weighted by Gasteiger charge is -2.07. The largest absolute Gasteiger partial charge is 0.398 e. The molecule has 0 fully saturated rings. The van der Waals surface area contributed by atoms with Gasteiger partial charge in [0.05, 0.1) is 0 Å². The van der Waals surface area contributed by atoms with Crippen molar-refractivity contribution in [2.75, 3.05) is 5.73 Å². The maximum atomic E-state index is 13.8. The summed E-state index contributed by atoms with van der Waals surface area (Å²) in [6.07, 6.45) is 0. The van der Waals surface area contributed by atoms with Crippen molar-refractivity contribution in [3.63, 3.8) is 0 Å². The van der Waals surface area contributed by atoms with Gasteiger partial charge >= 0.3 is 0 Å². The molecule has 0 atom stereocenters. The first-order chi connectivity index (χ1) is 7.58. The van der Waals surface area contributed by atoms with E-state index in [-0.39, 0.29) is 5.82 Å². The third-order valence-corrected chi connectivity index (χ3v) is 2.72. The second-order valence-electron chi connectivity index (χ2n) is 4.05. The number of nitrogen functional groups attached to an aromatic ring is 1. The van der Waals surface area contributed by atoms with E-state index in [0.29, 0.717) is 11.3 Å². The summed E-state index contributed by atoms with van der Waals surface area (Å²) in [5.41, 5.74) is 9.76. The molecular formula is C14H14FN. The quantitative estimate of drug-likeness (QED) is 0.721. The average Bonchev–Trinajstić information content (AvgIpc) is 2.25. The minimum atomic E-state index is -0.226. The van der Waals surface area contributed by atoms with Gasteiger partial charge in [0.15, 0.2) is 0 Å². The van der Waals surface area contributed by atoms with E-state index in [9.17, 15) is 4.39 Å². The number of halogens is 1. The lowest BCUT2D eigenvalue weighted by molar-refractivity contribution is 0.630. The fourth-order valence-corrected chi connectivity index (χ4v) is 1.64. The molecule has 0 spiro atoms. The van der Waals surface area contributed by atoms with Gasteiger partial charge in [-0.25, -0.2) is 4.39 Å². The van der Waals surface area contributed by atoms with Crippen LogP contribution in [0.2, 0.25) is 0 Å². The monoisotopic (exact) mass is 215 g/mol. The molecule has 2 aromatic carbocycles. The molecular weight excluding hydrogens is 201 g/mol. The van der Waals surface area contributed by atoms with E-state index in [0.717, 1.165) is 16.7 Å².